The topological polar surface area (TPSA) is 64.6 Å². The molecule has 1 atom stereocenters. The van der Waals surface area contributed by atoms with E-state index in [0.717, 1.165) is 73.8 Å². The second-order valence-electron chi connectivity index (χ2n) is 11.9. The minimum Gasteiger partial charge on any atom is -0.487 e. The van der Waals surface area contributed by atoms with E-state index in [0.29, 0.717) is 11.3 Å². The summed E-state index contributed by atoms with van der Waals surface area (Å²) in [4.78, 5) is 24.8. The lowest BCUT2D eigenvalue weighted by Gasteiger charge is -2.37. The van der Waals surface area contributed by atoms with Crippen molar-refractivity contribution in [2.24, 2.45) is 0 Å². The van der Waals surface area contributed by atoms with Crippen LogP contribution < -0.4 is 14.8 Å². The highest BCUT2D eigenvalue weighted by Crippen LogP contribution is 2.42. The van der Waals surface area contributed by atoms with E-state index in [1.165, 1.54) is 16.7 Å². The Balaban J connectivity index is 1.54. The maximum Gasteiger partial charge on any atom is 0.419 e. The van der Waals surface area contributed by atoms with Crippen molar-refractivity contribution < 1.29 is 19.1 Å². The molecule has 5 nitrogen and oxygen atoms in total. The summed E-state index contributed by atoms with van der Waals surface area (Å²) in [5.74, 6) is 0.846. The fourth-order valence-electron chi connectivity index (χ4n) is 5.08. The Labute approximate surface area is 246 Å². The first-order valence-electron chi connectivity index (χ1n) is 14.8. The fourth-order valence-corrected chi connectivity index (χ4v) is 5.08. The van der Waals surface area contributed by atoms with Crippen LogP contribution >= 0.6 is 0 Å². The zero-order valence-corrected chi connectivity index (χ0v) is 26.0. The standard InChI is InChI=1S/C36H47NO4/c1-25(2)14-11-15-26(3)16-12-17-27(4)18-13-22-36(7)23-21-31-24-32(28(5)29(6)33(31)41-36)40-35(39)37-34(38)30-19-9-8-10-20-30/h8-10,14,16,18-20,24H,11-13,15,17,21-23H2,1-7H3,(H,37,38,39)/b26-16+,27-18+/t36-/m1/s1. The molecule has 2 aromatic carbocycles. The van der Waals surface area contributed by atoms with Crippen molar-refractivity contribution in [1.82, 2.24) is 5.32 Å². The van der Waals surface area contributed by atoms with Gasteiger partial charge in [0.2, 0.25) is 0 Å². The van der Waals surface area contributed by atoms with Crippen molar-refractivity contribution in [2.45, 2.75) is 105 Å². The SMILES string of the molecule is CC(C)=CCC/C(C)=C/CC/C(C)=C/CC[C@]1(C)CCc2cc(OC(=O)NC(=O)c3ccccc3)c(C)c(C)c2O1. The molecule has 3 rings (SSSR count). The molecule has 0 fully saturated rings. The Morgan fingerprint density at radius 1 is 0.927 bits per heavy atom. The number of imide groups is 1. The number of hydrogen-bond donors (Lipinski definition) is 1. The Kier molecular flexibility index (Phi) is 11.6. The molecule has 5 heteroatoms. The first-order valence-corrected chi connectivity index (χ1v) is 14.8. The molecular weight excluding hydrogens is 510 g/mol. The highest BCUT2D eigenvalue weighted by atomic mass is 16.6. The van der Waals surface area contributed by atoms with Crippen LogP contribution in [0.3, 0.4) is 0 Å². The lowest BCUT2D eigenvalue weighted by molar-refractivity contribution is 0.0560. The van der Waals surface area contributed by atoms with Crippen LogP contribution in [0.1, 0.15) is 107 Å². The van der Waals surface area contributed by atoms with Crippen LogP contribution in [0.25, 0.3) is 0 Å². The van der Waals surface area contributed by atoms with Gasteiger partial charge in [0.25, 0.3) is 5.91 Å². The third-order valence-corrected chi connectivity index (χ3v) is 7.88. The third-order valence-electron chi connectivity index (χ3n) is 7.88. The molecule has 2 aromatic rings. The van der Waals surface area contributed by atoms with E-state index in [2.05, 4.69) is 58.2 Å². The third kappa shape index (κ3) is 9.77. The predicted molar refractivity (Wildman–Crippen MR) is 168 cm³/mol. The average Bonchev–Trinajstić information content (AvgIpc) is 2.92. The number of ether oxygens (including phenoxy) is 2. The molecule has 0 aliphatic carbocycles. The molecule has 1 aliphatic rings. The van der Waals surface area contributed by atoms with Crippen molar-refractivity contribution >= 4 is 12.0 Å². The number of carbonyl (C=O) groups is 2. The van der Waals surface area contributed by atoms with E-state index < -0.39 is 12.0 Å². The van der Waals surface area contributed by atoms with Gasteiger partial charge in [0.05, 0.1) is 0 Å². The van der Waals surface area contributed by atoms with Gasteiger partial charge in [-0.15, -0.1) is 0 Å². The number of allylic oxidation sites excluding steroid dienone is 6. The molecule has 2 amide bonds. The lowest BCUT2D eigenvalue weighted by atomic mass is 9.86. The van der Waals surface area contributed by atoms with Gasteiger partial charge in [-0.25, -0.2) is 4.79 Å². The second kappa shape index (κ2) is 14.9. The fraction of sp³-hybridized carbons (Fsp3) is 0.444. The van der Waals surface area contributed by atoms with E-state index >= 15 is 0 Å². The van der Waals surface area contributed by atoms with Gasteiger partial charge >= 0.3 is 6.09 Å². The number of benzene rings is 2. The Bertz CT molecular complexity index is 1310. The van der Waals surface area contributed by atoms with Gasteiger partial charge in [-0.05, 0) is 135 Å². The maximum atomic E-state index is 12.5. The summed E-state index contributed by atoms with van der Waals surface area (Å²) in [5.41, 5.74) is 7.26. The van der Waals surface area contributed by atoms with Crippen LogP contribution in [0.2, 0.25) is 0 Å². The molecule has 0 spiro atoms. The molecule has 0 aromatic heterocycles. The normalized spacial score (nSPS) is 16.9. The summed E-state index contributed by atoms with van der Waals surface area (Å²) in [6, 6.07) is 10.5. The molecule has 0 saturated heterocycles. The van der Waals surface area contributed by atoms with Crippen LogP contribution in [0.4, 0.5) is 4.79 Å². The minimum absolute atomic E-state index is 0.246. The predicted octanol–water partition coefficient (Wildman–Crippen LogP) is 9.52. The number of nitrogens with one attached hydrogen (secondary N) is 1. The van der Waals surface area contributed by atoms with E-state index in [-0.39, 0.29) is 5.60 Å². The van der Waals surface area contributed by atoms with Crippen LogP contribution in [-0.2, 0) is 6.42 Å². The molecule has 0 saturated carbocycles. The molecular formula is C36H47NO4. The number of hydrogen-bond acceptors (Lipinski definition) is 4. The van der Waals surface area contributed by atoms with Gasteiger partial charge in [-0.1, -0.05) is 53.1 Å². The highest BCUT2D eigenvalue weighted by Gasteiger charge is 2.33. The number of amides is 2. The first kappa shape index (κ1) is 31.9. The summed E-state index contributed by atoms with van der Waals surface area (Å²) < 4.78 is 12.2. The Morgan fingerprint density at radius 3 is 2.22 bits per heavy atom. The molecule has 41 heavy (non-hydrogen) atoms. The molecule has 0 radical (unpaired) electrons. The van der Waals surface area contributed by atoms with Gasteiger partial charge < -0.3 is 9.47 Å². The quantitative estimate of drug-likeness (QED) is 0.279. The van der Waals surface area contributed by atoms with Gasteiger partial charge in [0.15, 0.2) is 0 Å². The van der Waals surface area contributed by atoms with Gasteiger partial charge in [0, 0.05) is 5.56 Å². The summed E-state index contributed by atoms with van der Waals surface area (Å²) in [5, 5.41) is 2.30. The zero-order chi connectivity index (χ0) is 30.0. The van der Waals surface area contributed by atoms with Gasteiger partial charge in [-0.3, -0.25) is 10.1 Å². The van der Waals surface area contributed by atoms with E-state index in [9.17, 15) is 9.59 Å². The largest absolute Gasteiger partial charge is 0.487 e. The van der Waals surface area contributed by atoms with Crippen molar-refractivity contribution in [2.75, 3.05) is 0 Å². The first-order chi connectivity index (χ1) is 19.5. The van der Waals surface area contributed by atoms with E-state index in [1.54, 1.807) is 24.3 Å². The monoisotopic (exact) mass is 557 g/mol. The summed E-state index contributed by atoms with van der Waals surface area (Å²) >= 11 is 0. The van der Waals surface area contributed by atoms with Crippen LogP contribution in [0.15, 0.2) is 71.3 Å². The highest BCUT2D eigenvalue weighted by molar-refractivity contribution is 6.03. The maximum absolute atomic E-state index is 12.5. The number of rotatable bonds is 11. The smallest absolute Gasteiger partial charge is 0.419 e. The lowest BCUT2D eigenvalue weighted by Crippen LogP contribution is -2.37. The van der Waals surface area contributed by atoms with Crippen molar-refractivity contribution in [3.05, 3.63) is 93.6 Å². The number of fused-ring (bicyclic) bond motifs is 1. The second-order valence-corrected chi connectivity index (χ2v) is 11.9. The van der Waals surface area contributed by atoms with Crippen LogP contribution in [-0.4, -0.2) is 17.6 Å². The van der Waals surface area contributed by atoms with Gasteiger partial charge in [-0.2, -0.15) is 0 Å². The number of aryl methyl sites for hydroxylation is 1. The number of carbonyl (C=O) groups excluding carboxylic acids is 2. The summed E-state index contributed by atoms with van der Waals surface area (Å²) in [6.07, 6.45) is 14.4. The molecule has 0 unspecified atom stereocenters. The molecule has 1 N–H and O–H groups in total. The molecule has 0 bridgehead atoms. The van der Waals surface area contributed by atoms with Crippen molar-refractivity contribution in [3.63, 3.8) is 0 Å². The van der Waals surface area contributed by atoms with Crippen LogP contribution in [0.5, 0.6) is 11.5 Å². The van der Waals surface area contributed by atoms with Crippen molar-refractivity contribution in [1.29, 1.82) is 0 Å². The summed E-state index contributed by atoms with van der Waals surface area (Å²) in [6.45, 7) is 14.9. The molecule has 1 aliphatic heterocycles. The van der Waals surface area contributed by atoms with E-state index in [1.807, 2.05) is 26.0 Å². The molecule has 1 heterocycles. The summed E-state index contributed by atoms with van der Waals surface area (Å²) in [7, 11) is 0. The Hall–Kier alpha value is -3.60. The van der Waals surface area contributed by atoms with Crippen molar-refractivity contribution in [3.8, 4) is 11.5 Å². The minimum atomic E-state index is -0.792. The Morgan fingerprint density at radius 2 is 1.56 bits per heavy atom. The van der Waals surface area contributed by atoms with Crippen LogP contribution in [0, 0.1) is 13.8 Å². The average molecular weight is 558 g/mol. The molecule has 220 valence electrons. The van der Waals surface area contributed by atoms with E-state index in [4.69, 9.17) is 9.47 Å². The zero-order valence-electron chi connectivity index (χ0n) is 26.0. The van der Waals surface area contributed by atoms with Gasteiger partial charge in [0.1, 0.15) is 17.1 Å².